The van der Waals surface area contributed by atoms with Gasteiger partial charge in [0.15, 0.2) is 0 Å². The summed E-state index contributed by atoms with van der Waals surface area (Å²) >= 11 is 0.606. The fourth-order valence-electron chi connectivity index (χ4n) is 1.07. The van der Waals surface area contributed by atoms with Gasteiger partial charge in [0.25, 0.3) is 6.43 Å². The van der Waals surface area contributed by atoms with E-state index in [9.17, 15) is 22.0 Å². The largest absolute Gasteiger partial charge is 0.477 e. The van der Waals surface area contributed by atoms with Crippen LogP contribution in [-0.2, 0) is 14.8 Å². The average Bonchev–Trinajstić information content (AvgIpc) is 2.77. The zero-order chi connectivity index (χ0) is 14.5. The molecule has 0 atom stereocenters. The fourth-order valence-corrected chi connectivity index (χ4v) is 3.27. The number of carbonyl (C=O) groups is 1. The lowest BCUT2D eigenvalue weighted by atomic mass is 10.5. The first-order valence-electron chi connectivity index (χ1n) is 5.01. The number of alkyl halides is 2. The Hall–Kier alpha value is -1.10. The molecule has 1 heterocycles. The standard InChI is InChI=1S/C9H11F2NO5S2/c10-7(11)5-17-4-3-12-19(15,16)8-2-1-6(18-8)9(13)14/h1-2,7,12H,3-5H2,(H,13,14). The lowest BCUT2D eigenvalue weighted by Gasteiger charge is -2.05. The number of hydrogen-bond acceptors (Lipinski definition) is 5. The SMILES string of the molecule is O=C(O)c1ccc(S(=O)(=O)NCCOCC(F)F)s1. The number of sulfonamides is 1. The molecular weight excluding hydrogens is 304 g/mol. The Bertz CT molecular complexity index is 528. The Morgan fingerprint density at radius 2 is 2.16 bits per heavy atom. The number of halogens is 2. The molecule has 0 radical (unpaired) electrons. The summed E-state index contributed by atoms with van der Waals surface area (Å²) < 4.78 is 53.2. The number of carboxylic acid groups (broad SMARTS) is 1. The summed E-state index contributed by atoms with van der Waals surface area (Å²) in [6.45, 7) is -1.13. The van der Waals surface area contributed by atoms with Gasteiger partial charge in [-0.3, -0.25) is 0 Å². The smallest absolute Gasteiger partial charge is 0.345 e. The molecule has 0 unspecified atom stereocenters. The average molecular weight is 315 g/mol. The topological polar surface area (TPSA) is 92.7 Å². The summed E-state index contributed by atoms with van der Waals surface area (Å²) in [6.07, 6.45) is -2.60. The van der Waals surface area contributed by atoms with Gasteiger partial charge < -0.3 is 9.84 Å². The quantitative estimate of drug-likeness (QED) is 0.698. The molecule has 10 heteroatoms. The lowest BCUT2D eigenvalue weighted by Crippen LogP contribution is -2.27. The Morgan fingerprint density at radius 3 is 2.68 bits per heavy atom. The van der Waals surface area contributed by atoms with E-state index in [1.54, 1.807) is 0 Å². The molecule has 0 aliphatic heterocycles. The van der Waals surface area contributed by atoms with Gasteiger partial charge in [-0.1, -0.05) is 0 Å². The van der Waals surface area contributed by atoms with E-state index in [4.69, 9.17) is 5.11 Å². The molecule has 0 bridgehead atoms. The van der Waals surface area contributed by atoms with Crippen LogP contribution >= 0.6 is 11.3 Å². The van der Waals surface area contributed by atoms with E-state index >= 15 is 0 Å². The highest BCUT2D eigenvalue weighted by Crippen LogP contribution is 2.21. The molecule has 1 aromatic heterocycles. The van der Waals surface area contributed by atoms with Gasteiger partial charge in [-0.05, 0) is 12.1 Å². The summed E-state index contributed by atoms with van der Waals surface area (Å²) in [7, 11) is -3.84. The summed E-state index contributed by atoms with van der Waals surface area (Å²) in [6, 6.07) is 2.34. The zero-order valence-corrected chi connectivity index (χ0v) is 11.1. The Balaban J connectivity index is 2.49. The van der Waals surface area contributed by atoms with E-state index in [1.165, 1.54) is 6.07 Å². The van der Waals surface area contributed by atoms with Crippen molar-refractivity contribution in [2.45, 2.75) is 10.6 Å². The second-order valence-electron chi connectivity index (χ2n) is 3.29. The van der Waals surface area contributed by atoms with E-state index in [2.05, 4.69) is 9.46 Å². The van der Waals surface area contributed by atoms with Crippen LogP contribution < -0.4 is 4.72 Å². The van der Waals surface area contributed by atoms with Crippen LogP contribution in [0.25, 0.3) is 0 Å². The first kappa shape index (κ1) is 16.0. The van der Waals surface area contributed by atoms with Crippen molar-refractivity contribution < 1.29 is 31.8 Å². The third kappa shape index (κ3) is 5.19. The number of thiophene rings is 1. The number of carboxylic acids is 1. The summed E-state index contributed by atoms with van der Waals surface area (Å²) in [4.78, 5) is 10.5. The second kappa shape index (κ2) is 6.89. The van der Waals surface area contributed by atoms with Gasteiger partial charge in [0.1, 0.15) is 15.7 Å². The molecule has 0 aliphatic rings. The predicted octanol–water partition coefficient (Wildman–Crippen LogP) is 1.01. The normalized spacial score (nSPS) is 11.9. The predicted molar refractivity (Wildman–Crippen MR) is 63.3 cm³/mol. The molecule has 0 aromatic carbocycles. The van der Waals surface area contributed by atoms with Gasteiger partial charge in [-0.15, -0.1) is 11.3 Å². The maximum atomic E-state index is 11.7. The third-order valence-corrected chi connectivity index (χ3v) is 4.87. The van der Waals surface area contributed by atoms with Crippen LogP contribution in [0.4, 0.5) is 8.78 Å². The highest BCUT2D eigenvalue weighted by Gasteiger charge is 2.18. The maximum absolute atomic E-state index is 11.7. The Kier molecular flexibility index (Phi) is 5.79. The van der Waals surface area contributed by atoms with Crippen LogP contribution in [-0.4, -0.2) is 45.7 Å². The molecule has 0 fully saturated rings. The van der Waals surface area contributed by atoms with Crippen LogP contribution in [0.15, 0.2) is 16.3 Å². The Morgan fingerprint density at radius 1 is 1.47 bits per heavy atom. The minimum absolute atomic E-state index is 0.102. The molecule has 6 nitrogen and oxygen atoms in total. The molecule has 0 spiro atoms. The van der Waals surface area contributed by atoms with Gasteiger partial charge in [0, 0.05) is 6.54 Å². The summed E-state index contributed by atoms with van der Waals surface area (Å²) in [5.41, 5.74) is 0. The van der Waals surface area contributed by atoms with Crippen molar-refractivity contribution in [1.29, 1.82) is 0 Å². The molecule has 0 aliphatic carbocycles. The van der Waals surface area contributed by atoms with Crippen molar-refractivity contribution in [3.8, 4) is 0 Å². The lowest BCUT2D eigenvalue weighted by molar-refractivity contribution is 0.0199. The summed E-state index contributed by atoms with van der Waals surface area (Å²) in [5, 5.41) is 8.67. The molecular formula is C9H11F2NO5S2. The van der Waals surface area contributed by atoms with E-state index in [0.29, 0.717) is 11.3 Å². The van der Waals surface area contributed by atoms with Crippen LogP contribution in [0, 0.1) is 0 Å². The molecule has 108 valence electrons. The first-order valence-corrected chi connectivity index (χ1v) is 7.31. The van der Waals surface area contributed by atoms with E-state index in [-0.39, 0.29) is 22.2 Å². The van der Waals surface area contributed by atoms with Gasteiger partial charge in [0.05, 0.1) is 6.61 Å². The zero-order valence-electron chi connectivity index (χ0n) is 9.51. The van der Waals surface area contributed by atoms with Crippen LogP contribution in [0.1, 0.15) is 9.67 Å². The minimum atomic E-state index is -3.84. The van der Waals surface area contributed by atoms with Crippen molar-refractivity contribution >= 4 is 27.3 Å². The van der Waals surface area contributed by atoms with E-state index < -0.39 is 29.0 Å². The number of rotatable bonds is 8. The molecule has 0 amide bonds. The van der Waals surface area contributed by atoms with Crippen molar-refractivity contribution in [3.05, 3.63) is 17.0 Å². The van der Waals surface area contributed by atoms with Crippen LogP contribution in [0.5, 0.6) is 0 Å². The Labute approximate surface area is 112 Å². The highest BCUT2D eigenvalue weighted by atomic mass is 32.2. The van der Waals surface area contributed by atoms with Gasteiger partial charge in [-0.25, -0.2) is 26.7 Å². The highest BCUT2D eigenvalue weighted by molar-refractivity contribution is 7.91. The number of hydrogen-bond donors (Lipinski definition) is 2. The fraction of sp³-hybridized carbons (Fsp3) is 0.444. The number of aromatic carboxylic acids is 1. The van der Waals surface area contributed by atoms with Crippen molar-refractivity contribution in [2.75, 3.05) is 19.8 Å². The van der Waals surface area contributed by atoms with Crippen molar-refractivity contribution in [1.82, 2.24) is 4.72 Å². The van der Waals surface area contributed by atoms with E-state index in [1.807, 2.05) is 0 Å². The second-order valence-corrected chi connectivity index (χ2v) is 6.37. The van der Waals surface area contributed by atoms with Gasteiger partial charge in [-0.2, -0.15) is 0 Å². The molecule has 0 saturated heterocycles. The van der Waals surface area contributed by atoms with E-state index in [0.717, 1.165) is 6.07 Å². The van der Waals surface area contributed by atoms with Crippen molar-refractivity contribution in [2.24, 2.45) is 0 Å². The molecule has 1 rings (SSSR count). The van der Waals surface area contributed by atoms with Crippen molar-refractivity contribution in [3.63, 3.8) is 0 Å². The number of ether oxygens (including phenoxy) is 1. The minimum Gasteiger partial charge on any atom is -0.477 e. The van der Waals surface area contributed by atoms with Gasteiger partial charge >= 0.3 is 5.97 Å². The summed E-state index contributed by atoms with van der Waals surface area (Å²) in [5.74, 6) is -1.22. The monoisotopic (exact) mass is 315 g/mol. The van der Waals surface area contributed by atoms with Crippen LogP contribution in [0.2, 0.25) is 0 Å². The molecule has 2 N–H and O–H groups in total. The van der Waals surface area contributed by atoms with Gasteiger partial charge in [0.2, 0.25) is 10.0 Å². The molecule has 0 saturated carbocycles. The first-order chi connectivity index (χ1) is 8.83. The number of nitrogens with one attached hydrogen (secondary N) is 1. The molecule has 1 aromatic rings. The molecule has 19 heavy (non-hydrogen) atoms. The third-order valence-electron chi connectivity index (χ3n) is 1.84. The van der Waals surface area contributed by atoms with Crippen LogP contribution in [0.3, 0.4) is 0 Å². The maximum Gasteiger partial charge on any atom is 0.345 e.